The van der Waals surface area contributed by atoms with Gasteiger partial charge in [0.2, 0.25) is 0 Å². The molecule has 0 atom stereocenters. The van der Waals surface area contributed by atoms with Gasteiger partial charge in [-0.15, -0.1) is 11.3 Å². The molecule has 1 heterocycles. The van der Waals surface area contributed by atoms with Crippen LogP contribution in [0.5, 0.6) is 0 Å². The van der Waals surface area contributed by atoms with Crippen molar-refractivity contribution in [3.05, 3.63) is 16.0 Å². The lowest BCUT2D eigenvalue weighted by Gasteiger charge is -2.26. The van der Waals surface area contributed by atoms with Crippen LogP contribution < -0.4 is 11.1 Å². The second kappa shape index (κ2) is 6.71. The van der Waals surface area contributed by atoms with Crippen molar-refractivity contribution in [3.8, 4) is 0 Å². The minimum Gasteiger partial charge on any atom is -0.365 e. The summed E-state index contributed by atoms with van der Waals surface area (Å²) in [5.74, 6) is -16.6. The van der Waals surface area contributed by atoms with Crippen LogP contribution in [0, 0.1) is 0 Å². The van der Waals surface area contributed by atoms with E-state index >= 15 is 0 Å². The maximum absolute atomic E-state index is 13.5. The number of rotatable bonds is 4. The molecule has 1 aromatic rings. The Balaban J connectivity index is 2.39. The first-order valence-electron chi connectivity index (χ1n) is 7.39. The Hall–Kier alpha value is -1.85. The Morgan fingerprint density at radius 2 is 1.54 bits per heavy atom. The number of anilines is 1. The van der Waals surface area contributed by atoms with Gasteiger partial charge in [-0.1, -0.05) is 6.42 Å². The second-order valence-electron chi connectivity index (χ2n) is 5.73. The maximum Gasteiger partial charge on any atom is 0.460 e. The summed E-state index contributed by atoms with van der Waals surface area (Å²) in [5, 5.41) is 0.788. The number of carbonyl (C=O) groups excluding carboxylic acids is 2. The number of fused-ring (bicyclic) bond motifs is 1. The van der Waals surface area contributed by atoms with Crippen molar-refractivity contribution >= 4 is 28.2 Å². The van der Waals surface area contributed by atoms with Crippen LogP contribution in [0.25, 0.3) is 0 Å². The molecule has 2 rings (SSSR count). The van der Waals surface area contributed by atoms with Crippen LogP contribution in [0.15, 0.2) is 0 Å². The van der Waals surface area contributed by atoms with Crippen molar-refractivity contribution in [2.24, 2.45) is 5.73 Å². The molecule has 0 aromatic carbocycles. The highest BCUT2D eigenvalue weighted by atomic mass is 32.1. The zero-order valence-electron chi connectivity index (χ0n) is 13.0. The van der Waals surface area contributed by atoms with Crippen molar-refractivity contribution in [1.29, 1.82) is 0 Å². The minimum absolute atomic E-state index is 0.327. The van der Waals surface area contributed by atoms with Crippen LogP contribution in [0.4, 0.5) is 35.7 Å². The lowest BCUT2D eigenvalue weighted by molar-refractivity contribution is -0.343. The largest absolute Gasteiger partial charge is 0.460 e. The maximum atomic E-state index is 13.5. The van der Waals surface area contributed by atoms with Gasteiger partial charge in [0, 0.05) is 4.88 Å². The number of aryl methyl sites for hydroxylation is 1. The summed E-state index contributed by atoms with van der Waals surface area (Å²) in [6.07, 6.45) is -3.63. The molecule has 1 aliphatic carbocycles. The summed E-state index contributed by atoms with van der Waals surface area (Å²) < 4.78 is 89.4. The third-order valence-electron chi connectivity index (χ3n) is 3.93. The summed E-state index contributed by atoms with van der Waals surface area (Å²) in [5.41, 5.74) is 5.25. The van der Waals surface area contributed by atoms with E-state index in [1.54, 1.807) is 0 Å². The van der Waals surface area contributed by atoms with Crippen LogP contribution in [-0.4, -0.2) is 29.8 Å². The first kappa shape index (κ1) is 20.5. The van der Waals surface area contributed by atoms with Gasteiger partial charge in [0.25, 0.3) is 5.91 Å². The molecule has 0 bridgehead atoms. The van der Waals surface area contributed by atoms with E-state index in [2.05, 4.69) is 0 Å². The fourth-order valence-electron chi connectivity index (χ4n) is 2.59. The van der Waals surface area contributed by atoms with Crippen LogP contribution in [-0.2, 0) is 17.6 Å². The quantitative estimate of drug-likeness (QED) is 0.588. The zero-order valence-corrected chi connectivity index (χ0v) is 13.8. The van der Waals surface area contributed by atoms with E-state index in [-0.39, 0.29) is 5.56 Å². The van der Waals surface area contributed by atoms with Crippen molar-refractivity contribution in [3.63, 3.8) is 0 Å². The number of hydrogen-bond acceptors (Lipinski definition) is 3. The molecule has 0 unspecified atom stereocenters. The summed E-state index contributed by atoms with van der Waals surface area (Å²) >= 11 is 0.674. The second-order valence-corrected chi connectivity index (χ2v) is 6.84. The minimum atomic E-state index is -6.63. The van der Waals surface area contributed by atoms with E-state index in [1.807, 2.05) is 0 Å². The first-order valence-corrected chi connectivity index (χ1v) is 8.20. The molecule has 4 nitrogen and oxygen atoms in total. The Labute approximate surface area is 146 Å². The molecule has 0 saturated heterocycles. The highest BCUT2D eigenvalue weighted by Gasteiger charge is 2.76. The SMILES string of the molecule is NC(=O)c1c(NC(=O)C(F)(F)C(F)(F)C(F)(F)F)sc2c1CCCCC2. The molecule has 0 fully saturated rings. The molecule has 0 radical (unpaired) electrons. The zero-order chi connectivity index (χ0) is 19.9. The predicted molar refractivity (Wildman–Crippen MR) is 78.7 cm³/mol. The number of nitrogens with two attached hydrogens (primary N) is 1. The molecule has 26 heavy (non-hydrogen) atoms. The van der Waals surface area contributed by atoms with E-state index in [4.69, 9.17) is 5.73 Å². The van der Waals surface area contributed by atoms with Crippen molar-refractivity contribution in [1.82, 2.24) is 0 Å². The standard InChI is InChI=1S/C14H13F7N2O2S/c15-12(16,13(17,18)14(19,20)21)11(25)23-10-8(9(22)24)6-4-2-1-3-5-7(6)26-10/h1-5H2,(H2,22,24)(H,23,25). The lowest BCUT2D eigenvalue weighted by atomic mass is 10.0. The normalized spacial score (nSPS) is 16.0. The first-order chi connectivity index (χ1) is 11.8. The Morgan fingerprint density at radius 1 is 0.962 bits per heavy atom. The number of halogens is 7. The predicted octanol–water partition coefficient (Wildman–Crippen LogP) is 3.89. The highest BCUT2D eigenvalue weighted by molar-refractivity contribution is 7.17. The van der Waals surface area contributed by atoms with Crippen LogP contribution >= 0.6 is 11.3 Å². The van der Waals surface area contributed by atoms with E-state index in [9.17, 15) is 40.3 Å². The summed E-state index contributed by atoms with van der Waals surface area (Å²) in [7, 11) is 0. The van der Waals surface area contributed by atoms with Crippen molar-refractivity contribution in [2.45, 2.75) is 50.1 Å². The van der Waals surface area contributed by atoms with Crippen molar-refractivity contribution in [2.75, 3.05) is 5.32 Å². The third-order valence-corrected chi connectivity index (χ3v) is 5.14. The molecule has 0 aliphatic heterocycles. The lowest BCUT2D eigenvalue weighted by Crippen LogP contribution is -2.57. The van der Waals surface area contributed by atoms with Gasteiger partial charge in [0.05, 0.1) is 5.56 Å². The Bertz CT molecular complexity index is 728. The van der Waals surface area contributed by atoms with Gasteiger partial charge < -0.3 is 11.1 Å². The van der Waals surface area contributed by atoms with Gasteiger partial charge in [-0.3, -0.25) is 9.59 Å². The average molecular weight is 406 g/mol. The van der Waals surface area contributed by atoms with E-state index in [0.29, 0.717) is 47.5 Å². The van der Waals surface area contributed by atoms with E-state index < -0.39 is 34.8 Å². The number of thiophene rings is 1. The van der Waals surface area contributed by atoms with Crippen molar-refractivity contribution < 1.29 is 40.3 Å². The summed E-state index contributed by atoms with van der Waals surface area (Å²) in [6, 6.07) is 0. The van der Waals surface area contributed by atoms with E-state index in [1.165, 1.54) is 5.32 Å². The smallest absolute Gasteiger partial charge is 0.365 e. The Kier molecular flexibility index (Phi) is 5.28. The van der Waals surface area contributed by atoms with Crippen LogP contribution in [0.3, 0.4) is 0 Å². The fraction of sp³-hybridized carbons (Fsp3) is 0.571. The monoisotopic (exact) mass is 406 g/mol. The van der Waals surface area contributed by atoms with Gasteiger partial charge in [-0.25, -0.2) is 0 Å². The fourth-order valence-corrected chi connectivity index (χ4v) is 3.88. The van der Waals surface area contributed by atoms with Crippen LogP contribution in [0.2, 0.25) is 0 Å². The topological polar surface area (TPSA) is 72.2 Å². The van der Waals surface area contributed by atoms with Gasteiger partial charge in [-0.2, -0.15) is 30.7 Å². The molecule has 12 heteroatoms. The molecular formula is C14H13F7N2O2S. The molecule has 0 saturated carbocycles. The number of nitrogens with one attached hydrogen (secondary N) is 1. The van der Waals surface area contributed by atoms with Gasteiger partial charge in [0.1, 0.15) is 5.00 Å². The van der Waals surface area contributed by atoms with E-state index in [0.717, 1.165) is 6.42 Å². The molecule has 1 aromatic heterocycles. The number of alkyl halides is 7. The summed E-state index contributed by atoms with van der Waals surface area (Å²) in [6.45, 7) is 0. The third kappa shape index (κ3) is 3.38. The molecule has 0 spiro atoms. The Morgan fingerprint density at radius 3 is 2.08 bits per heavy atom. The molecule has 1 aliphatic rings. The number of primary amides is 1. The highest BCUT2D eigenvalue weighted by Crippen LogP contribution is 2.47. The molecule has 3 N–H and O–H groups in total. The number of carbonyl (C=O) groups is 2. The molecular weight excluding hydrogens is 393 g/mol. The summed E-state index contributed by atoms with van der Waals surface area (Å²) in [4.78, 5) is 23.7. The van der Waals surface area contributed by atoms with Gasteiger partial charge >= 0.3 is 23.9 Å². The van der Waals surface area contributed by atoms with Gasteiger partial charge in [0.15, 0.2) is 0 Å². The number of hydrogen-bond donors (Lipinski definition) is 2. The van der Waals surface area contributed by atoms with Gasteiger partial charge in [-0.05, 0) is 31.2 Å². The molecule has 146 valence electrons. The molecule has 2 amide bonds. The van der Waals surface area contributed by atoms with Crippen LogP contribution in [0.1, 0.15) is 40.1 Å². The average Bonchev–Trinajstić information content (AvgIpc) is 2.67. The number of amides is 2.